The number of para-hydroxylation sites is 1. The normalized spacial score (nSPS) is 11.2. The van der Waals surface area contributed by atoms with Gasteiger partial charge in [-0.25, -0.2) is 4.68 Å². The Morgan fingerprint density at radius 3 is 2.39 bits per heavy atom. The zero-order chi connectivity index (χ0) is 42.4. The Kier molecular flexibility index (Phi) is 14.2. The number of allylic oxidation sites excluding steroid dienone is 1. The molecule has 0 radical (unpaired) electrons. The quantitative estimate of drug-likeness (QED) is 0.0421. The van der Waals surface area contributed by atoms with E-state index in [0.717, 1.165) is 47.4 Å². The molecule has 312 valence electrons. The maximum atomic E-state index is 13.6. The van der Waals surface area contributed by atoms with Gasteiger partial charge in [0, 0.05) is 11.8 Å². The van der Waals surface area contributed by atoms with Crippen LogP contribution in [-0.4, -0.2) is 59.4 Å². The largest absolute Gasteiger partial charge is 0.507 e. The first kappa shape index (κ1) is 42.0. The van der Waals surface area contributed by atoms with Gasteiger partial charge in [0.2, 0.25) is 11.2 Å². The summed E-state index contributed by atoms with van der Waals surface area (Å²) in [5, 5.41) is 19.0. The Hall–Kier alpha value is -7.18. The third-order valence-electron chi connectivity index (χ3n) is 9.76. The molecular formula is C49H47N3O9. The summed E-state index contributed by atoms with van der Waals surface area (Å²) in [5.74, 6) is 2.31. The Morgan fingerprint density at radius 2 is 1.59 bits per heavy atom. The van der Waals surface area contributed by atoms with Crippen molar-refractivity contribution in [3.63, 3.8) is 0 Å². The summed E-state index contributed by atoms with van der Waals surface area (Å²) in [6, 6.07) is 34.5. The number of phenolic OH excluding ortho intramolecular Hbond substituents is 1. The number of hydrogen-bond acceptors (Lipinski definition) is 11. The van der Waals surface area contributed by atoms with Gasteiger partial charge in [-0.05, 0) is 122 Å². The van der Waals surface area contributed by atoms with Crippen molar-refractivity contribution in [2.45, 2.75) is 39.3 Å². The molecule has 5 aromatic carbocycles. The molecule has 0 aliphatic carbocycles. The molecule has 12 nitrogen and oxygen atoms in total. The highest BCUT2D eigenvalue weighted by molar-refractivity contribution is 6.08. The van der Waals surface area contributed by atoms with Crippen LogP contribution in [0.4, 0.5) is 0 Å². The van der Waals surface area contributed by atoms with Crippen molar-refractivity contribution < 1.29 is 38.0 Å². The average Bonchev–Trinajstić information content (AvgIpc) is 3.74. The van der Waals surface area contributed by atoms with Crippen LogP contribution in [0.5, 0.6) is 28.7 Å². The van der Waals surface area contributed by atoms with E-state index in [0.29, 0.717) is 66.8 Å². The molecule has 0 saturated heterocycles. The van der Waals surface area contributed by atoms with E-state index in [1.54, 1.807) is 54.3 Å². The lowest BCUT2D eigenvalue weighted by Gasteiger charge is -2.13. The van der Waals surface area contributed by atoms with Crippen molar-refractivity contribution in [3.8, 4) is 40.1 Å². The predicted octanol–water partition coefficient (Wildman–Crippen LogP) is 9.05. The number of benzene rings is 5. The predicted molar refractivity (Wildman–Crippen MR) is 233 cm³/mol. The van der Waals surface area contributed by atoms with E-state index in [4.69, 9.17) is 28.1 Å². The molecule has 0 aliphatic rings. The van der Waals surface area contributed by atoms with Crippen LogP contribution >= 0.6 is 0 Å². The van der Waals surface area contributed by atoms with Crippen molar-refractivity contribution in [1.29, 1.82) is 0 Å². The zero-order valence-corrected chi connectivity index (χ0v) is 34.1. The smallest absolute Gasteiger partial charge is 0.235 e. The number of aromatic hydroxyl groups is 1. The summed E-state index contributed by atoms with van der Waals surface area (Å²) in [5.41, 5.74) is 4.70. The van der Waals surface area contributed by atoms with Gasteiger partial charge < -0.3 is 33.2 Å². The van der Waals surface area contributed by atoms with E-state index in [-0.39, 0.29) is 34.9 Å². The van der Waals surface area contributed by atoms with E-state index in [2.05, 4.69) is 10.3 Å². The summed E-state index contributed by atoms with van der Waals surface area (Å²) >= 11 is 0. The lowest BCUT2D eigenvalue weighted by molar-refractivity contribution is 0.0923. The van der Waals surface area contributed by atoms with E-state index in [1.807, 2.05) is 92.0 Å². The first-order valence-corrected chi connectivity index (χ1v) is 20.1. The van der Waals surface area contributed by atoms with Crippen LogP contribution < -0.4 is 24.4 Å². The van der Waals surface area contributed by atoms with Gasteiger partial charge in [0.25, 0.3) is 0 Å². The molecule has 2 heterocycles. The summed E-state index contributed by atoms with van der Waals surface area (Å²) in [7, 11) is 1.61. The third-order valence-corrected chi connectivity index (χ3v) is 9.76. The summed E-state index contributed by atoms with van der Waals surface area (Å²) < 4.78 is 37.0. The van der Waals surface area contributed by atoms with Crippen LogP contribution in [0.3, 0.4) is 0 Å². The highest BCUT2D eigenvalue weighted by Gasteiger charge is 2.18. The fourth-order valence-electron chi connectivity index (χ4n) is 6.49. The Labute approximate surface area is 353 Å². The Balaban J connectivity index is 0.793. The minimum absolute atomic E-state index is 0.0187. The van der Waals surface area contributed by atoms with Crippen LogP contribution in [-0.2, 0) is 24.3 Å². The number of ketones is 1. The van der Waals surface area contributed by atoms with E-state index in [9.17, 15) is 14.7 Å². The minimum Gasteiger partial charge on any atom is -0.507 e. The van der Waals surface area contributed by atoms with Gasteiger partial charge >= 0.3 is 0 Å². The molecule has 0 unspecified atom stereocenters. The second-order valence-corrected chi connectivity index (χ2v) is 14.3. The molecule has 12 heteroatoms. The van der Waals surface area contributed by atoms with Gasteiger partial charge in [0.15, 0.2) is 11.5 Å². The number of nitrogens with zero attached hydrogens (tertiary/aromatic N) is 3. The van der Waals surface area contributed by atoms with Gasteiger partial charge in [0.1, 0.15) is 41.8 Å². The molecule has 2 aromatic heterocycles. The Morgan fingerprint density at radius 1 is 0.803 bits per heavy atom. The van der Waals surface area contributed by atoms with Gasteiger partial charge in [-0.2, -0.15) is 0 Å². The molecule has 0 bridgehead atoms. The maximum absolute atomic E-state index is 13.6. The fraction of sp³-hybridized carbons (Fsp3) is 0.224. The number of methoxy groups -OCH3 is 1. The molecule has 1 N–H and O–H groups in total. The molecule has 7 rings (SSSR count). The summed E-state index contributed by atoms with van der Waals surface area (Å²) in [6.07, 6.45) is 7.66. The monoisotopic (exact) mass is 821 g/mol. The van der Waals surface area contributed by atoms with E-state index < -0.39 is 0 Å². The van der Waals surface area contributed by atoms with E-state index in [1.165, 1.54) is 6.08 Å². The van der Waals surface area contributed by atoms with Gasteiger partial charge in [-0.3, -0.25) is 9.59 Å². The number of aromatic nitrogens is 3. The first-order chi connectivity index (χ1) is 29.8. The number of fused-ring (bicyclic) bond motifs is 1. The number of carbonyl (C=O) groups is 1. The molecule has 0 spiro atoms. The third kappa shape index (κ3) is 11.5. The molecule has 7 aromatic rings. The maximum Gasteiger partial charge on any atom is 0.235 e. The summed E-state index contributed by atoms with van der Waals surface area (Å²) in [6.45, 7) is 4.36. The zero-order valence-electron chi connectivity index (χ0n) is 34.1. The highest BCUT2D eigenvalue weighted by atomic mass is 16.5. The number of aryl methyl sites for hydroxylation is 2. The number of carbonyl (C=O) groups excluding carboxylic acids is 1. The average molecular weight is 822 g/mol. The number of phenols is 1. The second kappa shape index (κ2) is 20.7. The molecule has 0 aliphatic heterocycles. The number of ether oxygens (including phenoxy) is 5. The standard InChI is InChI=1S/C49H47N3O9/c1-34-13-23-42(45(54)30-34)44(53)24-16-35-14-19-39(20-15-35)58-26-6-5-9-38-32-52(51-50-38)25-27-57-28-29-59-40-21-17-37(18-22-40)48-49(47(55)43-11-3-4-12-46(43)61-48)60-33-36-8-7-10-41(31-36)56-2/h3-4,7-8,10-24,30-32,54H,5-6,9,25-29,33H2,1-2H3/b24-16+. The second-order valence-electron chi connectivity index (χ2n) is 14.3. The number of rotatable bonds is 21. The van der Waals surface area contributed by atoms with Crippen molar-refractivity contribution in [2.75, 3.05) is 33.5 Å². The van der Waals surface area contributed by atoms with Gasteiger partial charge in [-0.15, -0.1) is 5.10 Å². The minimum atomic E-state index is -0.255. The lowest BCUT2D eigenvalue weighted by Crippen LogP contribution is -2.12. The van der Waals surface area contributed by atoms with Crippen molar-refractivity contribution in [2.24, 2.45) is 0 Å². The molecule has 0 saturated carbocycles. The van der Waals surface area contributed by atoms with Gasteiger partial charge in [0.05, 0.1) is 50.1 Å². The SMILES string of the molecule is COc1cccc(COc2c(-c3ccc(OCCOCCn4cc(CCCCOc5ccc(/C=C/C(=O)c6ccc(C)cc6O)cc5)nn4)cc3)oc3ccccc3c2=O)c1. The molecular weight excluding hydrogens is 775 g/mol. The van der Waals surface area contributed by atoms with Crippen LogP contribution in [0.2, 0.25) is 0 Å². The number of unbranched alkanes of at least 4 members (excludes halogenated alkanes) is 1. The molecule has 61 heavy (non-hydrogen) atoms. The highest BCUT2D eigenvalue weighted by Crippen LogP contribution is 2.33. The molecule has 0 amide bonds. The van der Waals surface area contributed by atoms with Crippen LogP contribution in [0.1, 0.15) is 45.6 Å². The molecule has 0 fully saturated rings. The van der Waals surface area contributed by atoms with E-state index >= 15 is 0 Å². The van der Waals surface area contributed by atoms with Crippen molar-refractivity contribution >= 4 is 22.8 Å². The van der Waals surface area contributed by atoms with Crippen molar-refractivity contribution in [3.05, 3.63) is 166 Å². The molecule has 0 atom stereocenters. The van der Waals surface area contributed by atoms with Crippen LogP contribution in [0.25, 0.3) is 28.4 Å². The Bertz CT molecular complexity index is 2630. The lowest BCUT2D eigenvalue weighted by atomic mass is 10.1. The van der Waals surface area contributed by atoms with Crippen LogP contribution in [0, 0.1) is 6.92 Å². The topological polar surface area (TPSA) is 144 Å². The van der Waals surface area contributed by atoms with Gasteiger partial charge in [-0.1, -0.05) is 53.8 Å². The first-order valence-electron chi connectivity index (χ1n) is 20.1. The van der Waals surface area contributed by atoms with Crippen molar-refractivity contribution in [1.82, 2.24) is 15.0 Å². The summed E-state index contributed by atoms with van der Waals surface area (Å²) in [4.78, 5) is 26.0. The number of hydrogen-bond donors (Lipinski definition) is 1. The van der Waals surface area contributed by atoms with Crippen LogP contribution in [0.15, 0.2) is 137 Å². The fourth-order valence-corrected chi connectivity index (χ4v) is 6.49.